The summed E-state index contributed by atoms with van der Waals surface area (Å²) in [6, 6.07) is 4.24. The number of carbonyl (C=O) groups excluding carboxylic acids is 1. The summed E-state index contributed by atoms with van der Waals surface area (Å²) in [4.78, 5) is 24.2. The highest BCUT2D eigenvalue weighted by atomic mass is 16.6. The van der Waals surface area contributed by atoms with Crippen molar-refractivity contribution in [1.82, 2.24) is 4.90 Å². The molecule has 1 amide bonds. The molecular formula is C14H20N2O5. The number of nitrogens with zero attached hydrogens (tertiary/aromatic N) is 2. The molecule has 0 atom stereocenters. The first-order chi connectivity index (χ1) is 9.67. The fourth-order valence-electron chi connectivity index (χ4n) is 2.01. The number of hydrogen-bond donors (Lipinski definition) is 1. The highest BCUT2D eigenvalue weighted by Crippen LogP contribution is 2.29. The molecular weight excluding hydrogens is 276 g/mol. The first-order valence-electron chi connectivity index (χ1n) is 6.55. The van der Waals surface area contributed by atoms with E-state index < -0.39 is 16.4 Å². The van der Waals surface area contributed by atoms with Gasteiger partial charge in [-0.1, -0.05) is 6.07 Å². The summed E-state index contributed by atoms with van der Waals surface area (Å²) in [6.45, 7) is 5.17. The van der Waals surface area contributed by atoms with Gasteiger partial charge < -0.3 is 14.7 Å². The number of nitro groups is 1. The van der Waals surface area contributed by atoms with Crippen LogP contribution in [0.5, 0.6) is 5.75 Å². The number of likely N-dealkylation sites (N-methyl/N-ethyl adjacent to an activating group) is 1. The Labute approximate surface area is 123 Å². The summed E-state index contributed by atoms with van der Waals surface area (Å²) in [6.07, 6.45) is 0. The topological polar surface area (TPSA) is 92.9 Å². The third kappa shape index (κ3) is 4.42. The molecule has 0 aliphatic heterocycles. The summed E-state index contributed by atoms with van der Waals surface area (Å²) >= 11 is 0. The number of amides is 1. The van der Waals surface area contributed by atoms with E-state index in [2.05, 4.69) is 0 Å². The van der Waals surface area contributed by atoms with Gasteiger partial charge in [-0.2, -0.15) is 0 Å². The van der Waals surface area contributed by atoms with Gasteiger partial charge in [0.25, 0.3) is 11.6 Å². The maximum Gasteiger partial charge on any atom is 0.285 e. The van der Waals surface area contributed by atoms with Crippen LogP contribution in [0.4, 0.5) is 5.69 Å². The molecule has 0 saturated carbocycles. The molecule has 1 aromatic carbocycles. The molecule has 0 aliphatic carbocycles. The zero-order valence-electron chi connectivity index (χ0n) is 12.6. The Morgan fingerprint density at radius 2 is 2.10 bits per heavy atom. The molecule has 1 aromatic rings. The maximum absolute atomic E-state index is 12.5. The molecule has 0 heterocycles. The van der Waals surface area contributed by atoms with Crippen LogP contribution in [0.15, 0.2) is 18.2 Å². The monoisotopic (exact) mass is 296 g/mol. The number of hydrogen-bond acceptors (Lipinski definition) is 5. The fraction of sp³-hybridized carbons (Fsp3) is 0.500. The molecule has 0 bridgehead atoms. The van der Waals surface area contributed by atoms with Crippen molar-refractivity contribution >= 4 is 11.6 Å². The largest absolute Gasteiger partial charge is 0.493 e. The number of carbonyl (C=O) groups is 1. The lowest BCUT2D eigenvalue weighted by molar-refractivity contribution is -0.385. The van der Waals surface area contributed by atoms with Crippen LogP contribution in [-0.4, -0.2) is 46.6 Å². The Hall–Kier alpha value is -2.15. The molecule has 0 saturated heterocycles. The van der Waals surface area contributed by atoms with E-state index in [1.165, 1.54) is 30.1 Å². The third-order valence-electron chi connectivity index (χ3n) is 2.69. The van der Waals surface area contributed by atoms with E-state index in [0.717, 1.165) is 0 Å². The first kappa shape index (κ1) is 16.9. The maximum atomic E-state index is 12.5. The van der Waals surface area contributed by atoms with Gasteiger partial charge in [0.05, 0.1) is 17.1 Å². The Balaban J connectivity index is 3.25. The normalized spacial score (nSPS) is 11.1. The van der Waals surface area contributed by atoms with Crippen molar-refractivity contribution in [3.05, 3.63) is 33.9 Å². The van der Waals surface area contributed by atoms with E-state index in [1.54, 1.807) is 20.8 Å². The van der Waals surface area contributed by atoms with Crippen molar-refractivity contribution in [3.63, 3.8) is 0 Å². The van der Waals surface area contributed by atoms with Crippen LogP contribution in [0.3, 0.4) is 0 Å². The highest BCUT2D eigenvalue weighted by Gasteiger charge is 2.29. The Bertz CT molecular complexity index is 537. The van der Waals surface area contributed by atoms with Gasteiger partial charge in [0.1, 0.15) is 5.75 Å². The second-order valence-electron chi connectivity index (χ2n) is 5.31. The van der Waals surface area contributed by atoms with Crippen LogP contribution >= 0.6 is 0 Å². The van der Waals surface area contributed by atoms with E-state index in [4.69, 9.17) is 4.74 Å². The molecule has 21 heavy (non-hydrogen) atoms. The second-order valence-corrected chi connectivity index (χ2v) is 5.31. The molecule has 0 aromatic heterocycles. The molecule has 0 unspecified atom stereocenters. The second kappa shape index (κ2) is 6.53. The quantitative estimate of drug-likeness (QED) is 0.638. The van der Waals surface area contributed by atoms with Crippen molar-refractivity contribution in [2.24, 2.45) is 0 Å². The number of rotatable bonds is 6. The van der Waals surface area contributed by atoms with Crippen LogP contribution in [0.2, 0.25) is 0 Å². The van der Waals surface area contributed by atoms with Crippen LogP contribution < -0.4 is 4.74 Å². The van der Waals surface area contributed by atoms with E-state index in [9.17, 15) is 20.0 Å². The average Bonchev–Trinajstić information content (AvgIpc) is 2.36. The molecule has 0 aliphatic rings. The summed E-state index contributed by atoms with van der Waals surface area (Å²) < 4.78 is 5.31. The van der Waals surface area contributed by atoms with Gasteiger partial charge in [0.2, 0.25) is 0 Å². The SMILES string of the molecule is CCOc1cccc([N+](=O)[O-])c1C(=O)N(C)CC(C)(C)O. The minimum Gasteiger partial charge on any atom is -0.493 e. The molecule has 1 N–H and O–H groups in total. The van der Waals surface area contributed by atoms with E-state index >= 15 is 0 Å². The summed E-state index contributed by atoms with van der Waals surface area (Å²) in [5.74, 6) is -0.396. The standard InChI is InChI=1S/C14H20N2O5/c1-5-21-11-8-6-7-10(16(19)20)12(11)13(17)15(4)9-14(2,3)18/h6-8,18H,5,9H2,1-4H3. The summed E-state index contributed by atoms with van der Waals surface area (Å²) in [7, 11) is 1.48. The summed E-state index contributed by atoms with van der Waals surface area (Å²) in [5, 5.41) is 20.9. The number of benzene rings is 1. The third-order valence-corrected chi connectivity index (χ3v) is 2.69. The van der Waals surface area contributed by atoms with Crippen LogP contribution in [-0.2, 0) is 0 Å². The zero-order chi connectivity index (χ0) is 16.2. The molecule has 116 valence electrons. The molecule has 1 rings (SSSR count). The van der Waals surface area contributed by atoms with E-state index in [0.29, 0.717) is 0 Å². The van der Waals surface area contributed by atoms with Crippen molar-refractivity contribution in [3.8, 4) is 5.75 Å². The molecule has 0 radical (unpaired) electrons. The van der Waals surface area contributed by atoms with Gasteiger partial charge in [0.15, 0.2) is 5.56 Å². The molecule has 0 spiro atoms. The average molecular weight is 296 g/mol. The van der Waals surface area contributed by atoms with Crippen LogP contribution in [0, 0.1) is 10.1 Å². The smallest absolute Gasteiger partial charge is 0.285 e. The predicted molar refractivity (Wildman–Crippen MR) is 77.5 cm³/mol. The fourth-order valence-corrected chi connectivity index (χ4v) is 2.01. The van der Waals surface area contributed by atoms with E-state index in [1.807, 2.05) is 0 Å². The lowest BCUT2D eigenvalue weighted by Gasteiger charge is -2.26. The van der Waals surface area contributed by atoms with Gasteiger partial charge in [0, 0.05) is 19.7 Å². The minimum absolute atomic E-state index is 0.0451. The lowest BCUT2D eigenvalue weighted by Crippen LogP contribution is -2.40. The van der Waals surface area contributed by atoms with Gasteiger partial charge in [-0.3, -0.25) is 14.9 Å². The Morgan fingerprint density at radius 3 is 2.57 bits per heavy atom. The molecule has 7 nitrogen and oxygen atoms in total. The van der Waals surface area contributed by atoms with Gasteiger partial charge in [-0.25, -0.2) is 0 Å². The van der Waals surface area contributed by atoms with E-state index in [-0.39, 0.29) is 30.2 Å². The lowest BCUT2D eigenvalue weighted by atomic mass is 10.1. The minimum atomic E-state index is -1.10. The molecule has 0 fully saturated rings. The Morgan fingerprint density at radius 1 is 1.48 bits per heavy atom. The zero-order valence-corrected chi connectivity index (χ0v) is 12.6. The highest BCUT2D eigenvalue weighted by molar-refractivity contribution is 6.00. The van der Waals surface area contributed by atoms with Crippen molar-refractivity contribution in [2.75, 3.05) is 20.2 Å². The summed E-state index contributed by atoms with van der Waals surface area (Å²) in [5.41, 5.74) is -1.51. The first-order valence-corrected chi connectivity index (χ1v) is 6.55. The predicted octanol–water partition coefficient (Wildman–Crippen LogP) is 1.84. The number of nitro benzene ring substituents is 1. The Kier molecular flexibility index (Phi) is 5.26. The number of ether oxygens (including phenoxy) is 1. The van der Waals surface area contributed by atoms with Gasteiger partial charge in [-0.05, 0) is 26.8 Å². The van der Waals surface area contributed by atoms with Crippen molar-refractivity contribution in [2.45, 2.75) is 26.4 Å². The van der Waals surface area contributed by atoms with Crippen LogP contribution in [0.25, 0.3) is 0 Å². The van der Waals surface area contributed by atoms with Crippen LogP contribution in [0.1, 0.15) is 31.1 Å². The van der Waals surface area contributed by atoms with Crippen molar-refractivity contribution < 1.29 is 19.6 Å². The molecule has 7 heteroatoms. The van der Waals surface area contributed by atoms with Gasteiger partial charge in [-0.15, -0.1) is 0 Å². The number of aliphatic hydroxyl groups is 1. The van der Waals surface area contributed by atoms with Crippen molar-refractivity contribution in [1.29, 1.82) is 0 Å². The van der Waals surface area contributed by atoms with Gasteiger partial charge >= 0.3 is 0 Å².